The van der Waals surface area contributed by atoms with Gasteiger partial charge in [-0.15, -0.1) is 0 Å². The molecule has 1 fully saturated rings. The van der Waals surface area contributed by atoms with Gasteiger partial charge in [0, 0.05) is 44.2 Å². The molecule has 0 atom stereocenters. The highest BCUT2D eigenvalue weighted by Crippen LogP contribution is 2.19. The molecule has 2 aromatic rings. The number of carbonyl (C=O) groups excluding carboxylic acids is 2. The van der Waals surface area contributed by atoms with Crippen molar-refractivity contribution < 1.29 is 28.3 Å². The van der Waals surface area contributed by atoms with Crippen LogP contribution < -0.4 is 0 Å². The van der Waals surface area contributed by atoms with Crippen LogP contribution in [0.2, 0.25) is 0 Å². The zero-order valence-electron chi connectivity index (χ0n) is 15.7. The van der Waals surface area contributed by atoms with Crippen molar-refractivity contribution in [3.63, 3.8) is 0 Å². The van der Waals surface area contributed by atoms with Crippen molar-refractivity contribution in [1.29, 1.82) is 0 Å². The van der Waals surface area contributed by atoms with E-state index in [-0.39, 0.29) is 41.6 Å². The Kier molecular flexibility index (Phi) is 5.48. The van der Waals surface area contributed by atoms with E-state index >= 15 is 0 Å². The van der Waals surface area contributed by atoms with Crippen LogP contribution in [0.5, 0.6) is 0 Å². The average Bonchev–Trinajstić information content (AvgIpc) is 3.14. The summed E-state index contributed by atoms with van der Waals surface area (Å²) in [5.74, 6) is -2.03. The first-order valence-electron chi connectivity index (χ1n) is 9.02. The molecule has 0 aliphatic carbocycles. The SMILES string of the molecule is CCc1oc(C(=O)N2CCN(C(=O)c3ccc(C)c(F)c3)CC2)cc1C(=O)O. The molecule has 1 aliphatic rings. The zero-order chi connectivity index (χ0) is 20.4. The lowest BCUT2D eigenvalue weighted by Gasteiger charge is -2.34. The number of carbonyl (C=O) groups is 3. The van der Waals surface area contributed by atoms with Crippen LogP contribution in [0.25, 0.3) is 0 Å². The molecule has 3 rings (SSSR count). The van der Waals surface area contributed by atoms with Crippen molar-refractivity contribution >= 4 is 17.8 Å². The number of piperazine rings is 1. The van der Waals surface area contributed by atoms with Gasteiger partial charge in [0.15, 0.2) is 5.76 Å². The highest BCUT2D eigenvalue weighted by atomic mass is 19.1. The van der Waals surface area contributed by atoms with E-state index in [1.165, 1.54) is 17.0 Å². The van der Waals surface area contributed by atoms with Crippen LogP contribution in [0.15, 0.2) is 28.7 Å². The second kappa shape index (κ2) is 7.84. The van der Waals surface area contributed by atoms with E-state index in [2.05, 4.69) is 0 Å². The number of carboxylic acids is 1. The van der Waals surface area contributed by atoms with E-state index in [0.29, 0.717) is 25.1 Å². The minimum absolute atomic E-state index is 0.0129. The molecule has 1 aromatic carbocycles. The van der Waals surface area contributed by atoms with E-state index in [0.717, 1.165) is 0 Å². The number of amides is 2. The van der Waals surface area contributed by atoms with Crippen LogP contribution in [-0.4, -0.2) is 58.9 Å². The van der Waals surface area contributed by atoms with Crippen molar-refractivity contribution in [2.24, 2.45) is 0 Å². The number of halogens is 1. The molecule has 1 aromatic heterocycles. The monoisotopic (exact) mass is 388 g/mol. The summed E-state index contributed by atoms with van der Waals surface area (Å²) in [5.41, 5.74) is 0.728. The molecule has 0 bridgehead atoms. The summed E-state index contributed by atoms with van der Waals surface area (Å²) in [6, 6.07) is 5.61. The van der Waals surface area contributed by atoms with Crippen molar-refractivity contribution in [1.82, 2.24) is 9.80 Å². The number of aryl methyl sites for hydroxylation is 2. The molecular formula is C20H21FN2O5. The van der Waals surface area contributed by atoms with Gasteiger partial charge in [-0.05, 0) is 24.6 Å². The summed E-state index contributed by atoms with van der Waals surface area (Å²) in [7, 11) is 0. The Hall–Kier alpha value is -3.16. The molecular weight excluding hydrogens is 367 g/mol. The standard InChI is InChI=1S/C20H21FN2O5/c1-3-16-14(20(26)27)11-17(28-16)19(25)23-8-6-22(7-9-23)18(24)13-5-4-12(2)15(21)10-13/h4-5,10-11H,3,6-9H2,1-2H3,(H,26,27). The first-order valence-corrected chi connectivity index (χ1v) is 9.02. The molecule has 1 N–H and O–H groups in total. The number of carboxylic acid groups (broad SMARTS) is 1. The predicted octanol–water partition coefficient (Wildman–Crippen LogP) is 2.59. The Morgan fingerprint density at radius 3 is 2.18 bits per heavy atom. The third kappa shape index (κ3) is 3.76. The Bertz CT molecular complexity index is 929. The van der Waals surface area contributed by atoms with Gasteiger partial charge in [-0.25, -0.2) is 9.18 Å². The highest BCUT2D eigenvalue weighted by Gasteiger charge is 2.29. The van der Waals surface area contributed by atoms with Gasteiger partial charge >= 0.3 is 5.97 Å². The summed E-state index contributed by atoms with van der Waals surface area (Å²) in [4.78, 5) is 39.5. The van der Waals surface area contributed by atoms with Gasteiger partial charge in [0.2, 0.25) is 0 Å². The molecule has 0 saturated carbocycles. The molecule has 7 nitrogen and oxygen atoms in total. The predicted molar refractivity (Wildman–Crippen MR) is 98.0 cm³/mol. The number of furan rings is 1. The summed E-state index contributed by atoms with van der Waals surface area (Å²) in [6.45, 7) is 4.54. The molecule has 0 radical (unpaired) electrons. The fourth-order valence-corrected chi connectivity index (χ4v) is 3.15. The van der Waals surface area contributed by atoms with E-state index in [4.69, 9.17) is 4.42 Å². The lowest BCUT2D eigenvalue weighted by molar-refractivity contribution is 0.0517. The molecule has 1 saturated heterocycles. The minimum Gasteiger partial charge on any atom is -0.478 e. The summed E-state index contributed by atoms with van der Waals surface area (Å²) in [6.07, 6.45) is 0.365. The second-order valence-electron chi connectivity index (χ2n) is 6.65. The van der Waals surface area contributed by atoms with Gasteiger partial charge in [-0.2, -0.15) is 0 Å². The third-order valence-corrected chi connectivity index (χ3v) is 4.84. The molecule has 0 spiro atoms. The molecule has 28 heavy (non-hydrogen) atoms. The van der Waals surface area contributed by atoms with Crippen molar-refractivity contribution in [2.45, 2.75) is 20.3 Å². The zero-order valence-corrected chi connectivity index (χ0v) is 15.7. The summed E-state index contributed by atoms with van der Waals surface area (Å²) in [5, 5.41) is 9.19. The van der Waals surface area contributed by atoms with Crippen LogP contribution in [0.4, 0.5) is 4.39 Å². The number of rotatable bonds is 4. The third-order valence-electron chi connectivity index (χ3n) is 4.84. The van der Waals surface area contributed by atoms with Crippen molar-refractivity contribution in [3.05, 3.63) is 58.3 Å². The van der Waals surface area contributed by atoms with E-state index in [1.54, 1.807) is 30.9 Å². The Morgan fingerprint density at radius 2 is 1.68 bits per heavy atom. The molecule has 148 valence electrons. The lowest BCUT2D eigenvalue weighted by Crippen LogP contribution is -2.50. The van der Waals surface area contributed by atoms with Gasteiger partial charge in [0.1, 0.15) is 17.1 Å². The fraction of sp³-hybridized carbons (Fsp3) is 0.350. The quantitative estimate of drug-likeness (QED) is 0.869. The van der Waals surface area contributed by atoms with Crippen LogP contribution in [0.1, 0.15) is 49.5 Å². The van der Waals surface area contributed by atoms with Crippen LogP contribution in [-0.2, 0) is 6.42 Å². The smallest absolute Gasteiger partial charge is 0.339 e. The largest absolute Gasteiger partial charge is 0.478 e. The number of benzene rings is 1. The molecule has 0 unspecified atom stereocenters. The Balaban J connectivity index is 1.66. The molecule has 1 aliphatic heterocycles. The normalized spacial score (nSPS) is 14.2. The van der Waals surface area contributed by atoms with Gasteiger partial charge in [0.25, 0.3) is 11.8 Å². The number of hydrogen-bond donors (Lipinski definition) is 1. The average molecular weight is 388 g/mol. The van der Waals surface area contributed by atoms with Gasteiger partial charge in [-0.1, -0.05) is 13.0 Å². The van der Waals surface area contributed by atoms with Gasteiger partial charge < -0.3 is 19.3 Å². The molecule has 2 heterocycles. The van der Waals surface area contributed by atoms with Crippen LogP contribution >= 0.6 is 0 Å². The highest BCUT2D eigenvalue weighted by molar-refractivity contribution is 5.97. The second-order valence-corrected chi connectivity index (χ2v) is 6.65. The fourth-order valence-electron chi connectivity index (χ4n) is 3.15. The lowest BCUT2D eigenvalue weighted by atomic mass is 10.1. The van der Waals surface area contributed by atoms with Crippen molar-refractivity contribution in [3.8, 4) is 0 Å². The van der Waals surface area contributed by atoms with Crippen LogP contribution in [0, 0.1) is 12.7 Å². The molecule has 8 heteroatoms. The van der Waals surface area contributed by atoms with Gasteiger partial charge in [0.05, 0.1) is 0 Å². The topological polar surface area (TPSA) is 91.1 Å². The Labute approximate surface area is 161 Å². The summed E-state index contributed by atoms with van der Waals surface area (Å²) < 4.78 is 19.1. The number of nitrogens with zero attached hydrogens (tertiary/aromatic N) is 2. The first-order chi connectivity index (χ1) is 13.3. The minimum atomic E-state index is -1.14. The maximum absolute atomic E-state index is 13.7. The Morgan fingerprint density at radius 1 is 1.07 bits per heavy atom. The van der Waals surface area contributed by atoms with Crippen LogP contribution in [0.3, 0.4) is 0 Å². The summed E-state index contributed by atoms with van der Waals surface area (Å²) >= 11 is 0. The van der Waals surface area contributed by atoms with E-state index in [9.17, 15) is 23.9 Å². The maximum atomic E-state index is 13.7. The number of hydrogen-bond acceptors (Lipinski definition) is 4. The maximum Gasteiger partial charge on any atom is 0.339 e. The van der Waals surface area contributed by atoms with E-state index in [1.807, 2.05) is 0 Å². The molecule has 2 amide bonds. The van der Waals surface area contributed by atoms with E-state index < -0.39 is 17.7 Å². The van der Waals surface area contributed by atoms with Gasteiger partial charge in [-0.3, -0.25) is 9.59 Å². The number of aromatic carboxylic acids is 1. The first kappa shape index (κ1) is 19.6. The van der Waals surface area contributed by atoms with Crippen molar-refractivity contribution in [2.75, 3.05) is 26.2 Å².